The highest BCUT2D eigenvalue weighted by Crippen LogP contribution is 2.45. The smallest absolute Gasteiger partial charge is 0.208 e. The third-order valence-electron chi connectivity index (χ3n) is 5.84. The molecule has 0 heterocycles. The van der Waals surface area contributed by atoms with Gasteiger partial charge >= 0.3 is 6.18 Å². The van der Waals surface area contributed by atoms with Gasteiger partial charge in [0.05, 0.1) is 0 Å². The fourth-order valence-corrected chi connectivity index (χ4v) is 4.52. The lowest BCUT2D eigenvalue weighted by Gasteiger charge is -2.37. The van der Waals surface area contributed by atoms with Gasteiger partial charge in [-0.2, -0.15) is 17.6 Å². The summed E-state index contributed by atoms with van der Waals surface area (Å²) in [6, 6.07) is 0. The van der Waals surface area contributed by atoms with Crippen molar-refractivity contribution in [3.8, 4) is 0 Å². The summed E-state index contributed by atoms with van der Waals surface area (Å²) in [5.74, 6) is -3.05. The van der Waals surface area contributed by atoms with Crippen LogP contribution in [-0.2, 0) is 0 Å². The molecule has 0 unspecified atom stereocenters. The van der Waals surface area contributed by atoms with Gasteiger partial charge in [-0.05, 0) is 56.3 Å². The highest BCUT2D eigenvalue weighted by Gasteiger charge is 2.41. The van der Waals surface area contributed by atoms with Crippen LogP contribution in [-0.4, -0.2) is 6.18 Å². The van der Waals surface area contributed by atoms with Crippen LogP contribution >= 0.6 is 0 Å². The summed E-state index contributed by atoms with van der Waals surface area (Å²) in [6.07, 6.45) is 4.32. The molecule has 134 valence electrons. The Morgan fingerprint density at radius 3 is 1.74 bits per heavy atom. The molecule has 0 nitrogen and oxygen atoms in total. The SMILES string of the molecule is CCCC1CCC(C2CCC(/C(F)=C(/F)C(F)(F)F)CC2)CC1. The largest absolute Gasteiger partial charge is 0.445 e. The van der Waals surface area contributed by atoms with Gasteiger partial charge in [0.2, 0.25) is 5.83 Å². The fraction of sp³-hybridized carbons (Fsp3) is 0.889. The predicted molar refractivity (Wildman–Crippen MR) is 81.1 cm³/mol. The monoisotopic (exact) mass is 338 g/mol. The van der Waals surface area contributed by atoms with Crippen LogP contribution in [0.15, 0.2) is 11.7 Å². The molecule has 0 atom stereocenters. The molecule has 0 amide bonds. The third kappa shape index (κ3) is 4.93. The minimum Gasteiger partial charge on any atom is -0.208 e. The van der Waals surface area contributed by atoms with E-state index in [9.17, 15) is 22.0 Å². The molecule has 0 aromatic heterocycles. The maximum absolute atomic E-state index is 13.7. The van der Waals surface area contributed by atoms with Crippen LogP contribution in [0.2, 0.25) is 0 Å². The van der Waals surface area contributed by atoms with Gasteiger partial charge < -0.3 is 0 Å². The highest BCUT2D eigenvalue weighted by molar-refractivity contribution is 5.10. The Bertz CT molecular complexity index is 396. The van der Waals surface area contributed by atoms with E-state index in [0.717, 1.165) is 18.8 Å². The number of rotatable bonds is 4. The quantitative estimate of drug-likeness (QED) is 0.479. The van der Waals surface area contributed by atoms with Crippen molar-refractivity contribution in [2.24, 2.45) is 23.7 Å². The molecule has 0 N–H and O–H groups in total. The molecule has 2 aliphatic rings. The maximum Gasteiger partial charge on any atom is 0.445 e. The molecule has 5 heteroatoms. The van der Waals surface area contributed by atoms with E-state index in [2.05, 4.69) is 6.92 Å². The zero-order chi connectivity index (χ0) is 17.0. The van der Waals surface area contributed by atoms with E-state index in [1.165, 1.54) is 38.5 Å². The van der Waals surface area contributed by atoms with Crippen molar-refractivity contribution in [1.29, 1.82) is 0 Å². The summed E-state index contributed by atoms with van der Waals surface area (Å²) < 4.78 is 63.4. The second-order valence-electron chi connectivity index (χ2n) is 7.34. The van der Waals surface area contributed by atoms with Gasteiger partial charge in [0.15, 0.2) is 0 Å². The first-order chi connectivity index (χ1) is 10.8. The van der Waals surface area contributed by atoms with E-state index >= 15 is 0 Å². The van der Waals surface area contributed by atoms with Gasteiger partial charge in [0.25, 0.3) is 0 Å². The van der Waals surface area contributed by atoms with Crippen molar-refractivity contribution in [3.05, 3.63) is 11.7 Å². The average molecular weight is 338 g/mol. The van der Waals surface area contributed by atoms with Crippen LogP contribution in [0.1, 0.15) is 71.1 Å². The Balaban J connectivity index is 1.83. The van der Waals surface area contributed by atoms with E-state index in [1.54, 1.807) is 0 Å². The van der Waals surface area contributed by atoms with Crippen LogP contribution in [0.3, 0.4) is 0 Å². The normalized spacial score (nSPS) is 34.2. The van der Waals surface area contributed by atoms with Crippen molar-refractivity contribution in [2.75, 3.05) is 0 Å². The van der Waals surface area contributed by atoms with Crippen LogP contribution in [0.4, 0.5) is 22.0 Å². The number of hydrogen-bond acceptors (Lipinski definition) is 0. The van der Waals surface area contributed by atoms with Crippen molar-refractivity contribution in [3.63, 3.8) is 0 Å². The van der Waals surface area contributed by atoms with Gasteiger partial charge in [0.1, 0.15) is 5.83 Å². The van der Waals surface area contributed by atoms with Gasteiger partial charge in [0, 0.05) is 5.92 Å². The van der Waals surface area contributed by atoms with Gasteiger partial charge in [-0.25, -0.2) is 4.39 Å². The molecular weight excluding hydrogens is 311 g/mol. The molecule has 0 bridgehead atoms. The summed E-state index contributed by atoms with van der Waals surface area (Å²) in [6.45, 7) is 2.20. The molecule has 2 fully saturated rings. The maximum atomic E-state index is 13.7. The van der Waals surface area contributed by atoms with Gasteiger partial charge in [-0.1, -0.05) is 32.6 Å². The van der Waals surface area contributed by atoms with Crippen molar-refractivity contribution in [2.45, 2.75) is 77.3 Å². The Morgan fingerprint density at radius 1 is 0.826 bits per heavy atom. The highest BCUT2D eigenvalue weighted by atomic mass is 19.4. The molecule has 0 saturated heterocycles. The van der Waals surface area contributed by atoms with E-state index in [0.29, 0.717) is 24.7 Å². The van der Waals surface area contributed by atoms with Crippen molar-refractivity contribution in [1.82, 2.24) is 0 Å². The number of allylic oxidation sites excluding steroid dienone is 2. The lowest BCUT2D eigenvalue weighted by Crippen LogP contribution is -2.26. The zero-order valence-electron chi connectivity index (χ0n) is 13.8. The third-order valence-corrected chi connectivity index (χ3v) is 5.84. The summed E-state index contributed by atoms with van der Waals surface area (Å²) >= 11 is 0. The van der Waals surface area contributed by atoms with Gasteiger partial charge in [-0.3, -0.25) is 0 Å². The minimum absolute atomic E-state index is 0.342. The summed E-state index contributed by atoms with van der Waals surface area (Å²) in [5.41, 5.74) is 0. The topological polar surface area (TPSA) is 0 Å². The van der Waals surface area contributed by atoms with Gasteiger partial charge in [-0.15, -0.1) is 0 Å². The lowest BCUT2D eigenvalue weighted by atomic mass is 9.68. The standard InChI is InChI=1S/C18H27F5/c1-2-3-12-4-6-13(7-5-12)14-8-10-15(11-9-14)16(19)17(20)18(21,22)23/h12-15H,2-11H2,1H3/b17-16-. The summed E-state index contributed by atoms with van der Waals surface area (Å²) in [5, 5.41) is 0. The Kier molecular flexibility index (Phi) is 6.49. The minimum atomic E-state index is -5.20. The molecule has 23 heavy (non-hydrogen) atoms. The second kappa shape index (κ2) is 7.98. The first-order valence-electron chi connectivity index (χ1n) is 8.95. The number of alkyl halides is 3. The van der Waals surface area contributed by atoms with E-state index < -0.39 is 23.7 Å². The molecule has 0 aromatic rings. The molecule has 0 aliphatic heterocycles. The van der Waals surface area contributed by atoms with Crippen LogP contribution in [0, 0.1) is 23.7 Å². The molecule has 0 aromatic carbocycles. The average Bonchev–Trinajstić information content (AvgIpc) is 2.54. The predicted octanol–water partition coefficient (Wildman–Crippen LogP) is 7.11. The Labute approximate surface area is 135 Å². The van der Waals surface area contributed by atoms with Crippen LogP contribution in [0.5, 0.6) is 0 Å². The Hall–Kier alpha value is -0.610. The number of hydrogen-bond donors (Lipinski definition) is 0. The Morgan fingerprint density at radius 2 is 1.30 bits per heavy atom. The second-order valence-corrected chi connectivity index (χ2v) is 7.34. The first kappa shape index (κ1) is 18.7. The number of halogens is 5. The molecule has 0 spiro atoms. The molecule has 2 rings (SSSR count). The zero-order valence-corrected chi connectivity index (χ0v) is 13.8. The first-order valence-corrected chi connectivity index (χ1v) is 8.95. The van der Waals surface area contributed by atoms with Crippen LogP contribution in [0.25, 0.3) is 0 Å². The molecule has 2 saturated carbocycles. The van der Waals surface area contributed by atoms with Crippen LogP contribution < -0.4 is 0 Å². The van der Waals surface area contributed by atoms with Crippen molar-refractivity contribution < 1.29 is 22.0 Å². The van der Waals surface area contributed by atoms with E-state index in [4.69, 9.17) is 0 Å². The summed E-state index contributed by atoms with van der Waals surface area (Å²) in [7, 11) is 0. The lowest BCUT2D eigenvalue weighted by molar-refractivity contribution is -0.112. The van der Waals surface area contributed by atoms with E-state index in [1.807, 2.05) is 0 Å². The van der Waals surface area contributed by atoms with Crippen molar-refractivity contribution >= 4 is 0 Å². The fourth-order valence-electron chi connectivity index (χ4n) is 4.52. The molecule has 0 radical (unpaired) electrons. The van der Waals surface area contributed by atoms with E-state index in [-0.39, 0.29) is 0 Å². The molecular formula is C18H27F5. The summed E-state index contributed by atoms with van der Waals surface area (Å²) in [4.78, 5) is 0. The molecule has 2 aliphatic carbocycles.